The van der Waals surface area contributed by atoms with E-state index in [1.54, 1.807) is 13.8 Å². The van der Waals surface area contributed by atoms with Gasteiger partial charge in [0.2, 0.25) is 5.91 Å². The van der Waals surface area contributed by atoms with Gasteiger partial charge < -0.3 is 16.2 Å². The summed E-state index contributed by atoms with van der Waals surface area (Å²) in [6.07, 6.45) is 0. The summed E-state index contributed by atoms with van der Waals surface area (Å²) in [6, 6.07) is -0.847. The fourth-order valence-corrected chi connectivity index (χ4v) is 1.46. The fourth-order valence-electron chi connectivity index (χ4n) is 1.46. The van der Waals surface area contributed by atoms with Crippen molar-refractivity contribution < 1.29 is 14.7 Å². The van der Waals surface area contributed by atoms with Crippen molar-refractivity contribution in [3.8, 4) is 0 Å². The lowest BCUT2D eigenvalue weighted by atomic mass is 9.94. The lowest BCUT2D eigenvalue weighted by Crippen LogP contribution is -2.48. The maximum atomic E-state index is 11.8. The first kappa shape index (κ1) is 14.9. The second-order valence-electron chi connectivity index (χ2n) is 4.65. The van der Waals surface area contributed by atoms with E-state index in [0.29, 0.717) is 0 Å². The van der Waals surface area contributed by atoms with Crippen molar-refractivity contribution in [2.24, 2.45) is 23.5 Å². The smallest absolute Gasteiger partial charge is 0.326 e. The molecule has 0 aliphatic carbocycles. The lowest BCUT2D eigenvalue weighted by molar-refractivity contribution is -0.144. The van der Waals surface area contributed by atoms with Gasteiger partial charge in [-0.2, -0.15) is 0 Å². The molecule has 0 aromatic carbocycles. The van der Waals surface area contributed by atoms with Crippen molar-refractivity contribution >= 4 is 11.9 Å². The van der Waals surface area contributed by atoms with Crippen molar-refractivity contribution in [1.82, 2.24) is 5.32 Å². The number of aliphatic carboxylic acids is 1. The topological polar surface area (TPSA) is 92.4 Å². The predicted octanol–water partition coefficient (Wildman–Crippen LogP) is 0.443. The largest absolute Gasteiger partial charge is 0.480 e. The van der Waals surface area contributed by atoms with Gasteiger partial charge in [0.1, 0.15) is 6.04 Å². The molecule has 0 rings (SSSR count). The maximum Gasteiger partial charge on any atom is 0.326 e. The maximum absolute atomic E-state index is 11.8. The normalized spacial score (nSPS) is 14.9. The van der Waals surface area contributed by atoms with Gasteiger partial charge in [-0.1, -0.05) is 27.7 Å². The molecule has 0 saturated heterocycles. The van der Waals surface area contributed by atoms with Crippen LogP contribution in [0, 0.1) is 17.8 Å². The Morgan fingerprint density at radius 3 is 1.94 bits per heavy atom. The van der Waals surface area contributed by atoms with E-state index in [2.05, 4.69) is 5.32 Å². The molecule has 0 aliphatic heterocycles. The molecule has 2 atom stereocenters. The van der Waals surface area contributed by atoms with Crippen LogP contribution in [0.5, 0.6) is 0 Å². The van der Waals surface area contributed by atoms with Gasteiger partial charge in [0, 0.05) is 6.54 Å². The molecule has 1 amide bonds. The Morgan fingerprint density at radius 2 is 1.69 bits per heavy atom. The van der Waals surface area contributed by atoms with Crippen LogP contribution in [0.15, 0.2) is 0 Å². The minimum atomic E-state index is -1.01. The van der Waals surface area contributed by atoms with Gasteiger partial charge in [-0.15, -0.1) is 0 Å². The van der Waals surface area contributed by atoms with Crippen LogP contribution in [-0.2, 0) is 9.59 Å². The molecule has 4 N–H and O–H groups in total. The zero-order chi connectivity index (χ0) is 12.9. The molecular weight excluding hydrogens is 208 g/mol. The molecule has 0 spiro atoms. The molecule has 0 bridgehead atoms. The molecule has 0 aromatic heterocycles. The van der Waals surface area contributed by atoms with Crippen LogP contribution in [0.2, 0.25) is 0 Å². The number of hydrogen-bond donors (Lipinski definition) is 3. The summed E-state index contributed by atoms with van der Waals surface area (Å²) in [5.74, 6) is -1.67. The highest BCUT2D eigenvalue weighted by Gasteiger charge is 2.28. The molecule has 0 aromatic rings. The number of nitrogens with two attached hydrogens (primary N) is 1. The number of carbonyl (C=O) groups excluding carboxylic acids is 1. The van der Waals surface area contributed by atoms with E-state index >= 15 is 0 Å². The number of carboxylic acid groups (broad SMARTS) is 1. The van der Waals surface area contributed by atoms with Crippen LogP contribution < -0.4 is 11.1 Å². The van der Waals surface area contributed by atoms with Crippen molar-refractivity contribution in [1.29, 1.82) is 0 Å². The van der Waals surface area contributed by atoms with Gasteiger partial charge in [-0.05, 0) is 11.8 Å². The molecule has 0 aliphatic rings. The molecule has 5 heteroatoms. The monoisotopic (exact) mass is 230 g/mol. The zero-order valence-corrected chi connectivity index (χ0v) is 10.4. The minimum absolute atomic E-state index is 0.103. The van der Waals surface area contributed by atoms with E-state index in [-0.39, 0.29) is 30.2 Å². The number of rotatable bonds is 6. The Kier molecular flexibility index (Phi) is 6.03. The van der Waals surface area contributed by atoms with Crippen LogP contribution in [0.3, 0.4) is 0 Å². The summed E-state index contributed by atoms with van der Waals surface area (Å²) in [5.41, 5.74) is 5.49. The first-order valence-corrected chi connectivity index (χ1v) is 5.54. The number of carbonyl (C=O) groups is 2. The van der Waals surface area contributed by atoms with Crippen molar-refractivity contribution in [3.63, 3.8) is 0 Å². The number of hydrogen-bond acceptors (Lipinski definition) is 3. The summed E-state index contributed by atoms with van der Waals surface area (Å²) in [7, 11) is 0. The summed E-state index contributed by atoms with van der Waals surface area (Å²) >= 11 is 0. The highest BCUT2D eigenvalue weighted by Crippen LogP contribution is 2.11. The van der Waals surface area contributed by atoms with Crippen LogP contribution in [0.4, 0.5) is 0 Å². The van der Waals surface area contributed by atoms with E-state index in [9.17, 15) is 9.59 Å². The molecular formula is C11H22N2O3. The van der Waals surface area contributed by atoms with Crippen LogP contribution >= 0.6 is 0 Å². The van der Waals surface area contributed by atoms with E-state index in [0.717, 1.165) is 0 Å². The fraction of sp³-hybridized carbons (Fsp3) is 0.818. The Balaban J connectivity index is 4.56. The second kappa shape index (κ2) is 6.48. The molecule has 0 saturated carbocycles. The average molecular weight is 230 g/mol. The number of amides is 1. The lowest BCUT2D eigenvalue weighted by Gasteiger charge is -2.23. The van der Waals surface area contributed by atoms with Crippen LogP contribution in [0.1, 0.15) is 27.7 Å². The van der Waals surface area contributed by atoms with Gasteiger partial charge in [0.15, 0.2) is 0 Å². The first-order valence-electron chi connectivity index (χ1n) is 5.54. The minimum Gasteiger partial charge on any atom is -0.480 e. The quantitative estimate of drug-likeness (QED) is 0.617. The van der Waals surface area contributed by atoms with E-state index in [4.69, 9.17) is 10.8 Å². The highest BCUT2D eigenvalue weighted by molar-refractivity contribution is 5.85. The zero-order valence-electron chi connectivity index (χ0n) is 10.4. The molecule has 0 heterocycles. The SMILES string of the molecule is CC(C)C(CN)C(=O)N[C@H](C(=O)O)C(C)C. The summed E-state index contributed by atoms with van der Waals surface area (Å²) < 4.78 is 0. The second-order valence-corrected chi connectivity index (χ2v) is 4.65. The highest BCUT2D eigenvalue weighted by atomic mass is 16.4. The Labute approximate surface area is 96.4 Å². The van der Waals surface area contributed by atoms with Gasteiger partial charge in [0.05, 0.1) is 5.92 Å². The van der Waals surface area contributed by atoms with Crippen molar-refractivity contribution in [3.05, 3.63) is 0 Å². The third-order valence-electron chi connectivity index (χ3n) is 2.63. The van der Waals surface area contributed by atoms with Gasteiger partial charge in [-0.25, -0.2) is 4.79 Å². The molecule has 0 fully saturated rings. The van der Waals surface area contributed by atoms with Gasteiger partial charge >= 0.3 is 5.97 Å². The van der Waals surface area contributed by atoms with Crippen LogP contribution in [0.25, 0.3) is 0 Å². The number of nitrogens with one attached hydrogen (secondary N) is 1. The molecule has 16 heavy (non-hydrogen) atoms. The summed E-state index contributed by atoms with van der Waals surface area (Å²) in [6.45, 7) is 7.52. The van der Waals surface area contributed by atoms with Gasteiger partial charge in [-0.3, -0.25) is 4.79 Å². The first-order chi connectivity index (χ1) is 7.31. The molecule has 1 unspecified atom stereocenters. The Morgan fingerprint density at radius 1 is 1.19 bits per heavy atom. The summed E-state index contributed by atoms with van der Waals surface area (Å²) in [5, 5.41) is 11.5. The van der Waals surface area contributed by atoms with E-state index in [1.807, 2.05) is 13.8 Å². The third-order valence-corrected chi connectivity index (χ3v) is 2.63. The van der Waals surface area contributed by atoms with Crippen molar-refractivity contribution in [2.45, 2.75) is 33.7 Å². The van der Waals surface area contributed by atoms with Crippen LogP contribution in [-0.4, -0.2) is 29.6 Å². The molecule has 94 valence electrons. The van der Waals surface area contributed by atoms with E-state index in [1.165, 1.54) is 0 Å². The Bertz CT molecular complexity index is 252. The molecule has 0 radical (unpaired) electrons. The van der Waals surface area contributed by atoms with Gasteiger partial charge in [0.25, 0.3) is 0 Å². The predicted molar refractivity (Wildman–Crippen MR) is 61.8 cm³/mol. The molecule has 5 nitrogen and oxygen atoms in total. The third kappa shape index (κ3) is 4.18. The standard InChI is InChI=1S/C11H22N2O3/c1-6(2)8(5-12)10(14)13-9(7(3)4)11(15)16/h6-9H,5,12H2,1-4H3,(H,13,14)(H,15,16)/t8?,9-/m0/s1. The summed E-state index contributed by atoms with van der Waals surface area (Å²) in [4.78, 5) is 22.7. The van der Waals surface area contributed by atoms with E-state index < -0.39 is 12.0 Å². The average Bonchev–Trinajstić information content (AvgIpc) is 2.13. The Hall–Kier alpha value is -1.10. The van der Waals surface area contributed by atoms with Crippen molar-refractivity contribution in [2.75, 3.05) is 6.54 Å². The number of carboxylic acids is 1.